The van der Waals surface area contributed by atoms with Crippen molar-refractivity contribution in [2.75, 3.05) is 0 Å². The molecule has 0 fully saturated rings. The van der Waals surface area contributed by atoms with E-state index in [1.54, 1.807) is 0 Å². The number of hydrogen-bond donors (Lipinski definition) is 0. The first-order valence-corrected chi connectivity index (χ1v) is 5.01. The van der Waals surface area contributed by atoms with E-state index in [0.717, 1.165) is 5.75 Å². The molecule has 1 rings (SSSR count). The molecular weight excluding hydrogens is 167 g/mol. The van der Waals surface area contributed by atoms with E-state index in [1.165, 1.54) is 17.3 Å². The predicted octanol–water partition coefficient (Wildman–Crippen LogP) is 1.50. The molecule has 62 valence electrons. The zero-order valence-electron chi connectivity index (χ0n) is 7.12. The third-order valence-corrected chi connectivity index (χ3v) is 2.62. The minimum Gasteiger partial charge on any atom is -0.288 e. The fourth-order valence-electron chi connectivity index (χ4n) is 0.840. The summed E-state index contributed by atoms with van der Waals surface area (Å²) in [6.45, 7) is 0. The van der Waals surface area contributed by atoms with E-state index < -0.39 is 0 Å². The highest BCUT2D eigenvalue weighted by molar-refractivity contribution is 8.13. The van der Waals surface area contributed by atoms with Crippen molar-refractivity contribution >= 4 is 24.7 Å². The lowest BCUT2D eigenvalue weighted by atomic mass is 10.1. The minimum absolute atomic E-state index is 0.263. The SMILES string of the molecule is BCC(=O)SCc1ccccc1. The molecule has 0 aliphatic heterocycles. The number of rotatable bonds is 3. The molecule has 0 N–H and O–H groups in total. The highest BCUT2D eigenvalue weighted by Gasteiger charge is 1.98. The topological polar surface area (TPSA) is 17.1 Å². The molecule has 0 saturated carbocycles. The summed E-state index contributed by atoms with van der Waals surface area (Å²) in [5.41, 5.74) is 1.21. The van der Waals surface area contributed by atoms with Crippen molar-refractivity contribution in [2.45, 2.75) is 12.1 Å². The number of hydrogen-bond acceptors (Lipinski definition) is 2. The summed E-state index contributed by atoms with van der Waals surface area (Å²) in [5, 5.41) is 0.263. The van der Waals surface area contributed by atoms with Crippen molar-refractivity contribution in [3.63, 3.8) is 0 Å². The summed E-state index contributed by atoms with van der Waals surface area (Å²) in [7, 11) is 1.89. The first-order chi connectivity index (χ1) is 5.83. The molecule has 0 aromatic heterocycles. The van der Waals surface area contributed by atoms with Crippen molar-refractivity contribution in [2.24, 2.45) is 0 Å². The normalized spacial score (nSPS) is 9.67. The molecule has 0 spiro atoms. The zero-order chi connectivity index (χ0) is 8.81. The highest BCUT2D eigenvalue weighted by Crippen LogP contribution is 2.13. The molecule has 0 saturated heterocycles. The van der Waals surface area contributed by atoms with Gasteiger partial charge in [-0.2, -0.15) is 0 Å². The second kappa shape index (κ2) is 5.04. The van der Waals surface area contributed by atoms with E-state index >= 15 is 0 Å². The Hall–Kier alpha value is -0.695. The van der Waals surface area contributed by atoms with Crippen LogP contribution in [0.5, 0.6) is 0 Å². The first-order valence-electron chi connectivity index (χ1n) is 4.02. The fourth-order valence-corrected chi connectivity index (χ4v) is 1.56. The Kier molecular flexibility index (Phi) is 3.95. The van der Waals surface area contributed by atoms with Gasteiger partial charge in [-0.15, -0.1) is 0 Å². The van der Waals surface area contributed by atoms with Crippen molar-refractivity contribution in [3.05, 3.63) is 35.9 Å². The van der Waals surface area contributed by atoms with Gasteiger partial charge in [0, 0.05) is 5.75 Å². The number of carbonyl (C=O) groups excluding carboxylic acids is 1. The van der Waals surface area contributed by atoms with Crippen molar-refractivity contribution in [1.29, 1.82) is 0 Å². The van der Waals surface area contributed by atoms with E-state index in [0.29, 0.717) is 6.32 Å². The smallest absolute Gasteiger partial charge is 0.181 e. The number of benzene rings is 1. The number of thioether (sulfide) groups is 1. The van der Waals surface area contributed by atoms with E-state index in [9.17, 15) is 4.79 Å². The third-order valence-electron chi connectivity index (χ3n) is 1.53. The highest BCUT2D eigenvalue weighted by atomic mass is 32.2. The van der Waals surface area contributed by atoms with Crippen LogP contribution in [0.25, 0.3) is 0 Å². The minimum atomic E-state index is 0.263. The van der Waals surface area contributed by atoms with Crippen LogP contribution in [0.3, 0.4) is 0 Å². The van der Waals surface area contributed by atoms with Crippen LogP contribution in [0.15, 0.2) is 30.3 Å². The summed E-state index contributed by atoms with van der Waals surface area (Å²) < 4.78 is 0. The van der Waals surface area contributed by atoms with E-state index in [4.69, 9.17) is 0 Å². The van der Waals surface area contributed by atoms with Gasteiger partial charge in [-0.3, -0.25) is 4.79 Å². The van der Waals surface area contributed by atoms with Gasteiger partial charge in [0.2, 0.25) is 0 Å². The first kappa shape index (κ1) is 9.39. The lowest BCUT2D eigenvalue weighted by Crippen LogP contribution is -1.90. The summed E-state index contributed by atoms with van der Waals surface area (Å²) in [5.74, 6) is 0.799. The maximum absolute atomic E-state index is 10.9. The van der Waals surface area contributed by atoms with Crippen molar-refractivity contribution < 1.29 is 4.79 Å². The van der Waals surface area contributed by atoms with Crippen LogP contribution in [0.4, 0.5) is 0 Å². The quantitative estimate of drug-likeness (QED) is 0.652. The molecule has 0 amide bonds. The summed E-state index contributed by atoms with van der Waals surface area (Å²) in [4.78, 5) is 10.9. The summed E-state index contributed by atoms with van der Waals surface area (Å²) >= 11 is 1.39. The molecule has 0 aliphatic rings. The Morgan fingerprint density at radius 2 is 2.00 bits per heavy atom. The molecule has 0 aliphatic carbocycles. The monoisotopic (exact) mass is 178 g/mol. The predicted molar refractivity (Wildman–Crippen MR) is 56.1 cm³/mol. The summed E-state index contributed by atoms with van der Waals surface area (Å²) in [6, 6.07) is 10.0. The van der Waals surface area contributed by atoms with Gasteiger partial charge in [0.1, 0.15) is 7.85 Å². The Balaban J connectivity index is 2.38. The Morgan fingerprint density at radius 3 is 2.58 bits per heavy atom. The second-order valence-corrected chi connectivity index (χ2v) is 3.53. The molecule has 0 radical (unpaired) electrons. The van der Waals surface area contributed by atoms with Gasteiger partial charge < -0.3 is 0 Å². The zero-order valence-corrected chi connectivity index (χ0v) is 7.93. The van der Waals surface area contributed by atoms with Crippen LogP contribution >= 0.6 is 11.8 Å². The summed E-state index contributed by atoms with van der Waals surface area (Å²) in [6.07, 6.45) is 0.623. The van der Waals surface area contributed by atoms with Gasteiger partial charge in [0.05, 0.1) is 0 Å². The molecule has 0 atom stereocenters. The maximum Gasteiger partial charge on any atom is 0.181 e. The third kappa shape index (κ3) is 3.14. The molecule has 12 heavy (non-hydrogen) atoms. The van der Waals surface area contributed by atoms with Crippen LogP contribution in [0.2, 0.25) is 6.32 Å². The van der Waals surface area contributed by atoms with Gasteiger partial charge in [-0.05, 0) is 11.9 Å². The standard InChI is InChI=1S/C9H11BOS/c10-6-9(11)12-7-8-4-2-1-3-5-8/h1-5H,6-7,10H2. The molecule has 1 nitrogen and oxygen atoms in total. The molecular formula is C9H11BOS. The molecule has 3 heteroatoms. The van der Waals surface area contributed by atoms with Gasteiger partial charge in [0.15, 0.2) is 5.12 Å². The van der Waals surface area contributed by atoms with E-state index in [-0.39, 0.29) is 5.12 Å². The molecule has 1 aromatic rings. The number of carbonyl (C=O) groups is 1. The van der Waals surface area contributed by atoms with Gasteiger partial charge in [-0.25, -0.2) is 0 Å². The molecule has 1 aromatic carbocycles. The Labute approximate surface area is 78.0 Å². The molecule has 0 unspecified atom stereocenters. The van der Waals surface area contributed by atoms with Crippen molar-refractivity contribution in [3.8, 4) is 0 Å². The van der Waals surface area contributed by atoms with Crippen molar-refractivity contribution in [1.82, 2.24) is 0 Å². The van der Waals surface area contributed by atoms with Crippen LogP contribution < -0.4 is 0 Å². The van der Waals surface area contributed by atoms with E-state index in [2.05, 4.69) is 0 Å². The Bertz CT molecular complexity index is 248. The van der Waals surface area contributed by atoms with Crippen LogP contribution in [0.1, 0.15) is 5.56 Å². The van der Waals surface area contributed by atoms with Crippen LogP contribution in [0, 0.1) is 0 Å². The Morgan fingerprint density at radius 1 is 1.33 bits per heavy atom. The lowest BCUT2D eigenvalue weighted by Gasteiger charge is -1.97. The van der Waals surface area contributed by atoms with Gasteiger partial charge in [0.25, 0.3) is 0 Å². The van der Waals surface area contributed by atoms with E-state index in [1.807, 2.05) is 38.2 Å². The van der Waals surface area contributed by atoms with Gasteiger partial charge in [-0.1, -0.05) is 42.1 Å². The molecule has 0 heterocycles. The fraction of sp³-hybridized carbons (Fsp3) is 0.222. The van der Waals surface area contributed by atoms with Gasteiger partial charge >= 0.3 is 0 Å². The van der Waals surface area contributed by atoms with Crippen LogP contribution in [-0.2, 0) is 10.5 Å². The maximum atomic E-state index is 10.9. The average molecular weight is 178 g/mol. The largest absolute Gasteiger partial charge is 0.288 e. The van der Waals surface area contributed by atoms with Crippen LogP contribution in [-0.4, -0.2) is 13.0 Å². The lowest BCUT2D eigenvalue weighted by molar-refractivity contribution is -0.109. The average Bonchev–Trinajstić information content (AvgIpc) is 2.16. The second-order valence-electron chi connectivity index (χ2n) is 2.50. The molecule has 0 bridgehead atoms.